The minimum Gasteiger partial charge on any atom is -0.491 e. The number of benzene rings is 1. The second-order valence-corrected chi connectivity index (χ2v) is 7.94. The van der Waals surface area contributed by atoms with Crippen molar-refractivity contribution < 1.29 is 14.6 Å². The van der Waals surface area contributed by atoms with Crippen LogP contribution in [0.5, 0.6) is 5.75 Å². The third kappa shape index (κ3) is 5.28. The second kappa shape index (κ2) is 10.00. The van der Waals surface area contributed by atoms with E-state index in [-0.39, 0.29) is 6.61 Å². The van der Waals surface area contributed by atoms with E-state index in [1.54, 1.807) is 13.2 Å². The van der Waals surface area contributed by atoms with E-state index in [1.807, 2.05) is 30.5 Å². The molecule has 0 radical (unpaired) electrons. The summed E-state index contributed by atoms with van der Waals surface area (Å²) in [4.78, 5) is 9.80. The minimum absolute atomic E-state index is 0.215. The van der Waals surface area contributed by atoms with Crippen LogP contribution in [-0.2, 0) is 11.2 Å². The molecular formula is C23H29N5O3. The predicted molar refractivity (Wildman–Crippen MR) is 118 cm³/mol. The van der Waals surface area contributed by atoms with Gasteiger partial charge in [-0.3, -0.25) is 5.10 Å². The quantitative estimate of drug-likeness (QED) is 0.485. The molecule has 164 valence electrons. The molecule has 2 atom stereocenters. The summed E-state index contributed by atoms with van der Waals surface area (Å²) in [6, 6.07) is 7.68. The van der Waals surface area contributed by atoms with Gasteiger partial charge in [0.1, 0.15) is 18.5 Å². The summed E-state index contributed by atoms with van der Waals surface area (Å²) >= 11 is 0. The summed E-state index contributed by atoms with van der Waals surface area (Å²) in [6.45, 7) is 4.35. The average molecular weight is 424 g/mol. The molecule has 8 heteroatoms. The second-order valence-electron chi connectivity index (χ2n) is 7.94. The molecule has 31 heavy (non-hydrogen) atoms. The molecule has 3 heterocycles. The topological polar surface area (TPSA) is 105 Å². The lowest BCUT2D eigenvalue weighted by atomic mass is 9.97. The lowest BCUT2D eigenvalue weighted by molar-refractivity contribution is 0.108. The fourth-order valence-electron chi connectivity index (χ4n) is 3.78. The van der Waals surface area contributed by atoms with Crippen LogP contribution in [0.2, 0.25) is 0 Å². The van der Waals surface area contributed by atoms with Gasteiger partial charge < -0.3 is 19.9 Å². The molecule has 2 aromatic heterocycles. The first-order valence-corrected chi connectivity index (χ1v) is 10.6. The Morgan fingerprint density at radius 3 is 2.97 bits per heavy atom. The number of nitrogens with one attached hydrogen (secondary N) is 2. The van der Waals surface area contributed by atoms with Crippen LogP contribution in [0.3, 0.4) is 0 Å². The van der Waals surface area contributed by atoms with Crippen molar-refractivity contribution in [2.24, 2.45) is 5.92 Å². The van der Waals surface area contributed by atoms with Crippen LogP contribution < -0.4 is 10.1 Å². The van der Waals surface area contributed by atoms with Crippen LogP contribution in [0.15, 0.2) is 36.7 Å². The Bertz CT molecular complexity index is 987. The maximum Gasteiger partial charge on any atom is 0.160 e. The van der Waals surface area contributed by atoms with E-state index < -0.39 is 6.10 Å². The van der Waals surface area contributed by atoms with Crippen molar-refractivity contribution in [1.29, 1.82) is 0 Å². The predicted octanol–water partition coefficient (Wildman–Crippen LogP) is 2.38. The van der Waals surface area contributed by atoms with E-state index in [1.165, 1.54) is 0 Å². The van der Waals surface area contributed by atoms with E-state index in [0.29, 0.717) is 24.0 Å². The van der Waals surface area contributed by atoms with Crippen molar-refractivity contribution in [1.82, 2.24) is 25.5 Å². The summed E-state index contributed by atoms with van der Waals surface area (Å²) in [5.41, 5.74) is 4.79. The van der Waals surface area contributed by atoms with Crippen LogP contribution in [0.25, 0.3) is 22.6 Å². The van der Waals surface area contributed by atoms with Gasteiger partial charge in [0.15, 0.2) is 5.82 Å². The van der Waals surface area contributed by atoms with Gasteiger partial charge in [-0.05, 0) is 50.4 Å². The van der Waals surface area contributed by atoms with Gasteiger partial charge in [-0.15, -0.1) is 0 Å². The molecule has 1 aliphatic heterocycles. The Morgan fingerprint density at radius 1 is 1.32 bits per heavy atom. The van der Waals surface area contributed by atoms with Crippen molar-refractivity contribution in [3.05, 3.63) is 47.9 Å². The minimum atomic E-state index is -0.572. The number of rotatable bonds is 9. The van der Waals surface area contributed by atoms with Gasteiger partial charge in [-0.2, -0.15) is 5.10 Å². The average Bonchev–Trinajstić information content (AvgIpc) is 3.49. The van der Waals surface area contributed by atoms with Crippen molar-refractivity contribution in [3.8, 4) is 28.4 Å². The molecule has 0 bridgehead atoms. The number of hydrogen-bond acceptors (Lipinski definition) is 7. The van der Waals surface area contributed by atoms with Gasteiger partial charge in [0, 0.05) is 42.8 Å². The SMILES string of the molecule is CNCC(O)COc1cccc(-c2nc(C[C@@H]3CCOC3)c(C)c(-c3cn[nH]c3)n2)c1. The Morgan fingerprint density at radius 2 is 2.23 bits per heavy atom. The summed E-state index contributed by atoms with van der Waals surface area (Å²) in [7, 11) is 1.80. The Kier molecular flexibility index (Phi) is 6.91. The van der Waals surface area contributed by atoms with E-state index in [9.17, 15) is 5.11 Å². The highest BCUT2D eigenvalue weighted by Crippen LogP contribution is 2.30. The van der Waals surface area contributed by atoms with E-state index in [2.05, 4.69) is 22.4 Å². The van der Waals surface area contributed by atoms with E-state index >= 15 is 0 Å². The molecule has 4 rings (SSSR count). The molecule has 0 aliphatic carbocycles. The van der Waals surface area contributed by atoms with Crippen LogP contribution in [-0.4, -0.2) is 64.8 Å². The standard InChI is InChI=1S/C23H29N5O3/c1-15-21(8-16-6-7-30-13-16)27-23(28-22(15)18-10-25-26-11-18)17-4-3-5-20(9-17)31-14-19(29)12-24-2/h3-5,9-11,16,19,24,29H,6-8,12-14H2,1-2H3,(H,25,26)/t16-,19?/m0/s1. The van der Waals surface area contributed by atoms with Crippen LogP contribution in [0, 0.1) is 12.8 Å². The zero-order valence-corrected chi connectivity index (χ0v) is 18.0. The van der Waals surface area contributed by atoms with Gasteiger partial charge >= 0.3 is 0 Å². The normalized spacial score (nSPS) is 17.1. The van der Waals surface area contributed by atoms with E-state index in [4.69, 9.17) is 19.4 Å². The highest BCUT2D eigenvalue weighted by Gasteiger charge is 2.21. The fraction of sp³-hybridized carbons (Fsp3) is 0.435. The number of nitrogens with zero attached hydrogens (tertiary/aromatic N) is 3. The summed E-state index contributed by atoms with van der Waals surface area (Å²) in [6.07, 6.45) is 4.97. The highest BCUT2D eigenvalue weighted by atomic mass is 16.5. The molecule has 1 aromatic carbocycles. The Labute approximate surface area is 182 Å². The maximum atomic E-state index is 9.91. The number of aliphatic hydroxyl groups is 1. The number of aliphatic hydroxyl groups excluding tert-OH is 1. The lowest BCUT2D eigenvalue weighted by Gasteiger charge is -2.15. The monoisotopic (exact) mass is 423 g/mol. The molecule has 3 aromatic rings. The number of likely N-dealkylation sites (N-methyl/N-ethyl adjacent to an activating group) is 1. The van der Waals surface area contributed by atoms with Crippen molar-refractivity contribution in [2.45, 2.75) is 25.9 Å². The van der Waals surface area contributed by atoms with Crippen LogP contribution in [0.1, 0.15) is 17.7 Å². The van der Waals surface area contributed by atoms with Crippen LogP contribution in [0.4, 0.5) is 0 Å². The molecular weight excluding hydrogens is 394 g/mol. The smallest absolute Gasteiger partial charge is 0.160 e. The zero-order chi connectivity index (χ0) is 21.6. The molecule has 1 unspecified atom stereocenters. The molecule has 0 spiro atoms. The first-order chi connectivity index (χ1) is 15.1. The largest absolute Gasteiger partial charge is 0.491 e. The van der Waals surface area contributed by atoms with Gasteiger partial charge in [-0.25, -0.2) is 9.97 Å². The molecule has 0 saturated carbocycles. The van der Waals surface area contributed by atoms with Gasteiger partial charge in [0.2, 0.25) is 0 Å². The summed E-state index contributed by atoms with van der Waals surface area (Å²) in [5, 5.41) is 19.8. The number of ether oxygens (including phenoxy) is 2. The number of aromatic amines is 1. The lowest BCUT2D eigenvalue weighted by Crippen LogP contribution is -2.29. The summed E-state index contributed by atoms with van der Waals surface area (Å²) in [5.74, 6) is 1.80. The van der Waals surface area contributed by atoms with Crippen molar-refractivity contribution in [3.63, 3.8) is 0 Å². The number of aromatic nitrogens is 4. The summed E-state index contributed by atoms with van der Waals surface area (Å²) < 4.78 is 11.3. The third-order valence-corrected chi connectivity index (χ3v) is 5.50. The van der Waals surface area contributed by atoms with Gasteiger partial charge in [-0.1, -0.05) is 12.1 Å². The molecule has 0 amide bonds. The van der Waals surface area contributed by atoms with Crippen LogP contribution >= 0.6 is 0 Å². The van der Waals surface area contributed by atoms with Crippen molar-refractivity contribution >= 4 is 0 Å². The first-order valence-electron chi connectivity index (χ1n) is 10.6. The third-order valence-electron chi connectivity index (χ3n) is 5.50. The van der Waals surface area contributed by atoms with Crippen molar-refractivity contribution in [2.75, 3.05) is 33.4 Å². The molecule has 1 aliphatic rings. The molecule has 1 fully saturated rings. The maximum absolute atomic E-state index is 9.91. The zero-order valence-electron chi connectivity index (χ0n) is 18.0. The molecule has 8 nitrogen and oxygen atoms in total. The molecule has 3 N–H and O–H groups in total. The molecule has 1 saturated heterocycles. The highest BCUT2D eigenvalue weighted by molar-refractivity contribution is 5.67. The van der Waals surface area contributed by atoms with Gasteiger partial charge in [0.25, 0.3) is 0 Å². The fourth-order valence-corrected chi connectivity index (χ4v) is 3.78. The number of hydrogen-bond donors (Lipinski definition) is 3. The van der Waals surface area contributed by atoms with E-state index in [0.717, 1.165) is 54.1 Å². The Balaban J connectivity index is 1.65. The number of H-pyrrole nitrogens is 1. The Hall–Kier alpha value is -2.81. The van der Waals surface area contributed by atoms with Gasteiger partial charge in [0.05, 0.1) is 11.9 Å². The first kappa shape index (κ1) is 21.4.